The topological polar surface area (TPSA) is 47.7 Å². The van der Waals surface area contributed by atoms with Gasteiger partial charge in [-0.2, -0.15) is 0 Å². The number of hydrogen-bond donors (Lipinski definition) is 1. The number of ether oxygens (including phenoxy) is 2. The van der Waals surface area contributed by atoms with Gasteiger partial charge in [0, 0.05) is 25.2 Å². The highest BCUT2D eigenvalue weighted by molar-refractivity contribution is 5.37. The largest absolute Gasteiger partial charge is 0.496 e. The van der Waals surface area contributed by atoms with Crippen molar-refractivity contribution in [3.05, 3.63) is 29.3 Å². The Morgan fingerprint density at radius 3 is 2.86 bits per heavy atom. The summed E-state index contributed by atoms with van der Waals surface area (Å²) in [5.41, 5.74) is 8.80. The third-order valence-corrected chi connectivity index (χ3v) is 4.22. The molecule has 0 amide bonds. The van der Waals surface area contributed by atoms with E-state index in [0.29, 0.717) is 6.04 Å². The maximum atomic E-state index is 6.41. The predicted molar refractivity (Wildman–Crippen MR) is 85.9 cm³/mol. The third kappa shape index (κ3) is 4.19. The second kappa shape index (κ2) is 7.25. The molecule has 2 rings (SSSR count). The van der Waals surface area contributed by atoms with Crippen molar-refractivity contribution in [2.24, 2.45) is 5.73 Å². The van der Waals surface area contributed by atoms with Crippen molar-refractivity contribution in [3.63, 3.8) is 0 Å². The SMILES string of the molecule is COc1ccc(C)cc1CC(N)C1CN(C(C)C)CCO1. The van der Waals surface area contributed by atoms with E-state index in [1.807, 2.05) is 6.07 Å². The molecule has 118 valence electrons. The number of rotatable bonds is 5. The Labute approximate surface area is 128 Å². The Morgan fingerprint density at radius 2 is 2.19 bits per heavy atom. The first-order chi connectivity index (χ1) is 10.0. The van der Waals surface area contributed by atoms with E-state index in [9.17, 15) is 0 Å². The van der Waals surface area contributed by atoms with Gasteiger partial charge in [-0.15, -0.1) is 0 Å². The van der Waals surface area contributed by atoms with Gasteiger partial charge in [0.25, 0.3) is 0 Å². The fraction of sp³-hybridized carbons (Fsp3) is 0.647. The summed E-state index contributed by atoms with van der Waals surface area (Å²) in [5.74, 6) is 0.910. The molecular formula is C17H28N2O2. The number of morpholine rings is 1. The number of nitrogens with two attached hydrogens (primary N) is 1. The first kappa shape index (κ1) is 16.3. The van der Waals surface area contributed by atoms with Crippen molar-refractivity contribution in [2.75, 3.05) is 26.8 Å². The molecule has 1 fully saturated rings. The first-order valence-corrected chi connectivity index (χ1v) is 7.76. The Morgan fingerprint density at radius 1 is 1.43 bits per heavy atom. The van der Waals surface area contributed by atoms with Crippen LogP contribution in [0.3, 0.4) is 0 Å². The highest BCUT2D eigenvalue weighted by atomic mass is 16.5. The van der Waals surface area contributed by atoms with Gasteiger partial charge in [0.2, 0.25) is 0 Å². The molecule has 2 N–H and O–H groups in total. The van der Waals surface area contributed by atoms with Crippen molar-refractivity contribution >= 4 is 0 Å². The van der Waals surface area contributed by atoms with E-state index in [1.165, 1.54) is 5.56 Å². The lowest BCUT2D eigenvalue weighted by Gasteiger charge is -2.38. The summed E-state index contributed by atoms with van der Waals surface area (Å²) in [6.07, 6.45) is 0.868. The van der Waals surface area contributed by atoms with Crippen LogP contribution in [0.25, 0.3) is 0 Å². The van der Waals surface area contributed by atoms with Gasteiger partial charge >= 0.3 is 0 Å². The lowest BCUT2D eigenvalue weighted by Crippen LogP contribution is -2.53. The van der Waals surface area contributed by atoms with E-state index in [2.05, 4.69) is 37.8 Å². The Bertz CT molecular complexity index is 462. The standard InChI is InChI=1S/C17H28N2O2/c1-12(2)19-7-8-21-17(11-19)15(18)10-14-9-13(3)5-6-16(14)20-4/h5-6,9,12,15,17H,7-8,10-11,18H2,1-4H3. The summed E-state index contributed by atoms with van der Waals surface area (Å²) >= 11 is 0. The van der Waals surface area contributed by atoms with E-state index < -0.39 is 0 Å². The summed E-state index contributed by atoms with van der Waals surface area (Å²) < 4.78 is 11.3. The van der Waals surface area contributed by atoms with Gasteiger partial charge in [-0.1, -0.05) is 17.7 Å². The summed E-state index contributed by atoms with van der Waals surface area (Å²) in [6.45, 7) is 9.20. The van der Waals surface area contributed by atoms with E-state index in [0.717, 1.165) is 37.4 Å². The molecule has 4 nitrogen and oxygen atoms in total. The zero-order valence-electron chi connectivity index (χ0n) is 13.6. The third-order valence-electron chi connectivity index (χ3n) is 4.22. The van der Waals surface area contributed by atoms with Crippen LogP contribution in [0.5, 0.6) is 5.75 Å². The van der Waals surface area contributed by atoms with Gasteiger partial charge in [0.1, 0.15) is 5.75 Å². The fourth-order valence-corrected chi connectivity index (χ4v) is 2.88. The van der Waals surface area contributed by atoms with Crippen LogP contribution >= 0.6 is 0 Å². The molecular weight excluding hydrogens is 264 g/mol. The van der Waals surface area contributed by atoms with Crippen LogP contribution in [0.4, 0.5) is 0 Å². The zero-order valence-corrected chi connectivity index (χ0v) is 13.6. The van der Waals surface area contributed by atoms with Gasteiger partial charge in [-0.25, -0.2) is 0 Å². The molecule has 0 radical (unpaired) electrons. The lowest BCUT2D eigenvalue weighted by molar-refractivity contribution is -0.0495. The number of aryl methyl sites for hydroxylation is 1. The number of nitrogens with zero attached hydrogens (tertiary/aromatic N) is 1. The van der Waals surface area contributed by atoms with Crippen molar-refractivity contribution in [1.82, 2.24) is 4.90 Å². The van der Waals surface area contributed by atoms with E-state index in [1.54, 1.807) is 7.11 Å². The number of hydrogen-bond acceptors (Lipinski definition) is 4. The molecule has 1 aliphatic rings. The van der Waals surface area contributed by atoms with E-state index in [-0.39, 0.29) is 12.1 Å². The van der Waals surface area contributed by atoms with Gasteiger partial charge < -0.3 is 15.2 Å². The van der Waals surface area contributed by atoms with Crippen LogP contribution in [-0.2, 0) is 11.2 Å². The molecule has 0 bridgehead atoms. The molecule has 21 heavy (non-hydrogen) atoms. The maximum absolute atomic E-state index is 6.41. The highest BCUT2D eigenvalue weighted by Gasteiger charge is 2.27. The molecule has 0 aromatic heterocycles. The summed E-state index contributed by atoms with van der Waals surface area (Å²) in [7, 11) is 1.71. The average Bonchev–Trinajstić information content (AvgIpc) is 2.47. The predicted octanol–water partition coefficient (Wildman–Crippen LogP) is 1.98. The van der Waals surface area contributed by atoms with Gasteiger partial charge in [0.05, 0.1) is 19.8 Å². The highest BCUT2D eigenvalue weighted by Crippen LogP contribution is 2.22. The molecule has 2 unspecified atom stereocenters. The molecule has 1 aromatic rings. The monoisotopic (exact) mass is 292 g/mol. The van der Waals surface area contributed by atoms with Crippen molar-refractivity contribution in [2.45, 2.75) is 45.4 Å². The average molecular weight is 292 g/mol. The maximum Gasteiger partial charge on any atom is 0.122 e. The lowest BCUT2D eigenvalue weighted by atomic mass is 9.98. The van der Waals surface area contributed by atoms with Crippen molar-refractivity contribution < 1.29 is 9.47 Å². The quantitative estimate of drug-likeness (QED) is 0.901. The second-order valence-electron chi connectivity index (χ2n) is 6.18. The minimum Gasteiger partial charge on any atom is -0.496 e. The zero-order chi connectivity index (χ0) is 15.4. The van der Waals surface area contributed by atoms with Crippen molar-refractivity contribution in [1.29, 1.82) is 0 Å². The minimum absolute atomic E-state index is 0.0118. The Balaban J connectivity index is 2.03. The number of benzene rings is 1. The van der Waals surface area contributed by atoms with E-state index in [4.69, 9.17) is 15.2 Å². The minimum atomic E-state index is -0.0118. The summed E-state index contributed by atoms with van der Waals surface area (Å²) in [4.78, 5) is 2.43. The molecule has 1 aliphatic heterocycles. The van der Waals surface area contributed by atoms with Crippen molar-refractivity contribution in [3.8, 4) is 5.75 Å². The normalized spacial score (nSPS) is 21.5. The number of methoxy groups -OCH3 is 1. The molecule has 1 aromatic carbocycles. The van der Waals surface area contributed by atoms with Crippen LogP contribution < -0.4 is 10.5 Å². The van der Waals surface area contributed by atoms with Gasteiger partial charge in [-0.05, 0) is 38.8 Å². The fourth-order valence-electron chi connectivity index (χ4n) is 2.88. The molecule has 1 heterocycles. The van der Waals surface area contributed by atoms with Gasteiger partial charge in [-0.3, -0.25) is 4.90 Å². The summed E-state index contributed by atoms with van der Waals surface area (Å²) in [5, 5.41) is 0. The first-order valence-electron chi connectivity index (χ1n) is 7.76. The molecule has 4 heteroatoms. The van der Waals surface area contributed by atoms with Gasteiger partial charge in [0.15, 0.2) is 0 Å². The Hall–Kier alpha value is -1.10. The summed E-state index contributed by atoms with van der Waals surface area (Å²) in [6, 6.07) is 6.76. The van der Waals surface area contributed by atoms with E-state index >= 15 is 0 Å². The second-order valence-corrected chi connectivity index (χ2v) is 6.18. The molecule has 0 aliphatic carbocycles. The molecule has 1 saturated heterocycles. The van der Waals surface area contributed by atoms with Crippen LogP contribution in [0.15, 0.2) is 18.2 Å². The Kier molecular flexibility index (Phi) is 5.62. The van der Waals surface area contributed by atoms with Crippen LogP contribution in [0, 0.1) is 6.92 Å². The molecule has 0 spiro atoms. The van der Waals surface area contributed by atoms with Crippen LogP contribution in [0.2, 0.25) is 0 Å². The smallest absolute Gasteiger partial charge is 0.122 e. The molecule has 2 atom stereocenters. The van der Waals surface area contributed by atoms with Crippen LogP contribution in [-0.4, -0.2) is 49.9 Å². The molecule has 0 saturated carbocycles. The van der Waals surface area contributed by atoms with Crippen LogP contribution in [0.1, 0.15) is 25.0 Å².